The topological polar surface area (TPSA) is 66.5 Å². The lowest BCUT2D eigenvalue weighted by Gasteiger charge is -2.37. The molecule has 2 rings (SSSR count). The molecule has 18 heavy (non-hydrogen) atoms. The molecule has 2 aliphatic rings. The quantitative estimate of drug-likeness (QED) is 0.772. The van der Waals surface area contributed by atoms with Crippen molar-refractivity contribution in [1.82, 2.24) is 10.2 Å². The van der Waals surface area contributed by atoms with Crippen molar-refractivity contribution in [3.05, 3.63) is 0 Å². The molecule has 5 nitrogen and oxygen atoms in total. The van der Waals surface area contributed by atoms with Crippen molar-refractivity contribution in [2.75, 3.05) is 37.4 Å². The molecule has 0 aliphatic carbocycles. The van der Waals surface area contributed by atoms with E-state index in [1.807, 2.05) is 0 Å². The van der Waals surface area contributed by atoms with E-state index in [1.54, 1.807) is 16.7 Å². The van der Waals surface area contributed by atoms with E-state index in [0.717, 1.165) is 25.1 Å². The van der Waals surface area contributed by atoms with Crippen LogP contribution in [0.15, 0.2) is 0 Å². The first kappa shape index (κ1) is 14.1. The Morgan fingerprint density at radius 3 is 2.83 bits per heavy atom. The molecule has 0 bridgehead atoms. The first-order valence-electron chi connectivity index (χ1n) is 6.28. The maximum Gasteiger partial charge on any atom is 0.228 e. The summed E-state index contributed by atoms with van der Waals surface area (Å²) in [4.78, 5) is 14.0. The zero-order valence-electron chi connectivity index (χ0n) is 10.6. The molecule has 1 unspecified atom stereocenters. The number of nitrogens with one attached hydrogen (secondary N) is 1. The zero-order valence-corrected chi connectivity index (χ0v) is 12.2. The van der Waals surface area contributed by atoms with Gasteiger partial charge < -0.3 is 10.2 Å². The second-order valence-corrected chi connectivity index (χ2v) is 8.29. The highest BCUT2D eigenvalue weighted by molar-refractivity contribution is 8.00. The fraction of sp³-hybridized carbons (Fsp3) is 0.909. The number of thioether (sulfide) groups is 1. The minimum Gasteiger partial charge on any atom is -0.324 e. The summed E-state index contributed by atoms with van der Waals surface area (Å²) in [7, 11) is -3.19. The van der Waals surface area contributed by atoms with E-state index in [9.17, 15) is 13.2 Å². The largest absolute Gasteiger partial charge is 0.324 e. The number of carbonyl (C=O) groups is 1. The number of rotatable bonds is 2. The fourth-order valence-corrected chi connectivity index (χ4v) is 5.31. The molecule has 0 aromatic rings. The van der Waals surface area contributed by atoms with E-state index in [4.69, 9.17) is 0 Å². The van der Waals surface area contributed by atoms with Crippen molar-refractivity contribution in [3.8, 4) is 0 Å². The van der Waals surface area contributed by atoms with Crippen LogP contribution in [-0.2, 0) is 14.6 Å². The number of piperidine rings is 1. The van der Waals surface area contributed by atoms with Crippen molar-refractivity contribution < 1.29 is 13.2 Å². The third-order valence-corrected chi connectivity index (χ3v) is 6.15. The summed E-state index contributed by atoms with van der Waals surface area (Å²) in [5.74, 6) is 1.30. The second kappa shape index (κ2) is 5.79. The monoisotopic (exact) mass is 292 g/mol. The van der Waals surface area contributed by atoms with Gasteiger partial charge in [-0.15, -0.1) is 0 Å². The highest BCUT2D eigenvalue weighted by Gasteiger charge is 2.37. The number of hydrogen-bond acceptors (Lipinski definition) is 5. The number of carbonyl (C=O) groups excluding carboxylic acids is 1. The van der Waals surface area contributed by atoms with Gasteiger partial charge in [0.2, 0.25) is 5.91 Å². The van der Waals surface area contributed by atoms with Gasteiger partial charge in [-0.05, 0) is 19.4 Å². The van der Waals surface area contributed by atoms with Gasteiger partial charge >= 0.3 is 0 Å². The summed E-state index contributed by atoms with van der Waals surface area (Å²) in [5, 5.41) is 2.57. The Balaban J connectivity index is 2.10. The summed E-state index contributed by atoms with van der Waals surface area (Å²) in [6.07, 6.45) is 3.08. The van der Waals surface area contributed by atoms with Crippen LogP contribution in [0, 0.1) is 5.92 Å². The first-order valence-corrected chi connectivity index (χ1v) is 9.39. The molecule has 0 saturated carbocycles. The summed E-state index contributed by atoms with van der Waals surface area (Å²) >= 11 is 1.61. The molecule has 0 spiro atoms. The molecule has 2 saturated heterocycles. The maximum absolute atomic E-state index is 12.4. The Morgan fingerprint density at radius 1 is 1.44 bits per heavy atom. The fourth-order valence-electron chi connectivity index (χ4n) is 2.48. The predicted octanol–water partition coefficient (Wildman–Crippen LogP) is -0.0679. The van der Waals surface area contributed by atoms with Crippen LogP contribution >= 0.6 is 11.8 Å². The van der Waals surface area contributed by atoms with Crippen LogP contribution in [-0.4, -0.2) is 62.0 Å². The molecule has 2 aliphatic heterocycles. The number of amides is 1. The Bertz CT molecular complexity index is 405. The van der Waals surface area contributed by atoms with Crippen LogP contribution in [0.3, 0.4) is 0 Å². The van der Waals surface area contributed by atoms with E-state index in [2.05, 4.69) is 5.32 Å². The van der Waals surface area contributed by atoms with Gasteiger partial charge in [0.1, 0.15) is 5.37 Å². The number of hydrogen-bond donors (Lipinski definition) is 1. The third kappa shape index (κ3) is 3.19. The third-order valence-electron chi connectivity index (χ3n) is 3.51. The maximum atomic E-state index is 12.4. The molecular formula is C11H20N2O3S2. The van der Waals surface area contributed by atoms with E-state index in [-0.39, 0.29) is 11.8 Å². The summed E-state index contributed by atoms with van der Waals surface area (Å²) in [6, 6.07) is 0. The van der Waals surface area contributed by atoms with Gasteiger partial charge in [-0.2, -0.15) is 11.8 Å². The minimum absolute atomic E-state index is 0.0120. The summed E-state index contributed by atoms with van der Waals surface area (Å²) < 4.78 is 23.5. The predicted molar refractivity (Wildman–Crippen MR) is 73.3 cm³/mol. The number of sulfone groups is 1. The number of nitrogens with zero attached hydrogens (tertiary/aromatic N) is 1. The molecule has 1 amide bonds. The van der Waals surface area contributed by atoms with Crippen molar-refractivity contribution in [1.29, 1.82) is 0 Å². The average molecular weight is 292 g/mol. The molecule has 0 aromatic carbocycles. The van der Waals surface area contributed by atoms with Gasteiger partial charge in [-0.1, -0.05) is 0 Å². The van der Waals surface area contributed by atoms with Crippen LogP contribution in [0.1, 0.15) is 12.8 Å². The van der Waals surface area contributed by atoms with E-state index in [0.29, 0.717) is 18.8 Å². The molecule has 0 radical (unpaired) electrons. The highest BCUT2D eigenvalue weighted by Crippen LogP contribution is 2.24. The van der Waals surface area contributed by atoms with Gasteiger partial charge in [0.05, 0.1) is 5.92 Å². The Labute approximate surface area is 113 Å². The van der Waals surface area contributed by atoms with Crippen molar-refractivity contribution in [2.45, 2.75) is 18.2 Å². The van der Waals surface area contributed by atoms with Gasteiger partial charge in [0.15, 0.2) is 9.84 Å². The second-order valence-electron chi connectivity index (χ2n) is 4.93. The van der Waals surface area contributed by atoms with E-state index >= 15 is 0 Å². The minimum atomic E-state index is -3.19. The van der Waals surface area contributed by atoms with Gasteiger partial charge in [-0.25, -0.2) is 8.42 Å². The summed E-state index contributed by atoms with van der Waals surface area (Å²) in [6.45, 7) is 2.19. The van der Waals surface area contributed by atoms with Crippen LogP contribution in [0.4, 0.5) is 0 Å². The molecule has 7 heteroatoms. The average Bonchev–Trinajstić information content (AvgIpc) is 2.38. The Morgan fingerprint density at radius 2 is 2.22 bits per heavy atom. The van der Waals surface area contributed by atoms with Crippen LogP contribution in [0.25, 0.3) is 0 Å². The lowest BCUT2D eigenvalue weighted by atomic mass is 9.98. The molecule has 2 atom stereocenters. The van der Waals surface area contributed by atoms with Crippen LogP contribution in [0.2, 0.25) is 0 Å². The molecule has 104 valence electrons. The van der Waals surface area contributed by atoms with Gasteiger partial charge in [0.25, 0.3) is 0 Å². The Hall–Kier alpha value is -0.270. The van der Waals surface area contributed by atoms with Crippen molar-refractivity contribution >= 4 is 27.5 Å². The Kier molecular flexibility index (Phi) is 4.55. The SMILES string of the molecule is CS(=O)(=O)C1CSCCN1C(=O)[C@H]1CCCNC1. The highest BCUT2D eigenvalue weighted by atomic mass is 32.2. The molecule has 2 fully saturated rings. The van der Waals surface area contributed by atoms with E-state index < -0.39 is 15.2 Å². The lowest BCUT2D eigenvalue weighted by molar-refractivity contribution is -0.136. The lowest BCUT2D eigenvalue weighted by Crippen LogP contribution is -2.53. The van der Waals surface area contributed by atoms with E-state index in [1.165, 1.54) is 6.26 Å². The molecular weight excluding hydrogens is 272 g/mol. The van der Waals surface area contributed by atoms with Crippen molar-refractivity contribution in [2.24, 2.45) is 5.92 Å². The molecule has 2 heterocycles. The zero-order chi connectivity index (χ0) is 13.2. The van der Waals surface area contributed by atoms with Crippen molar-refractivity contribution in [3.63, 3.8) is 0 Å². The smallest absolute Gasteiger partial charge is 0.228 e. The first-order chi connectivity index (χ1) is 8.50. The van der Waals surface area contributed by atoms with Gasteiger partial charge in [-0.3, -0.25) is 4.79 Å². The standard InChI is InChI=1S/C11H20N2O3S2/c1-18(15,16)10-8-17-6-5-13(10)11(14)9-3-2-4-12-7-9/h9-10,12H,2-8H2,1H3/t9-,10?/m0/s1. The van der Waals surface area contributed by atoms with Crippen LogP contribution in [0.5, 0.6) is 0 Å². The normalized spacial score (nSPS) is 30.2. The van der Waals surface area contributed by atoms with Crippen LogP contribution < -0.4 is 5.32 Å². The van der Waals surface area contributed by atoms with Gasteiger partial charge in [0, 0.05) is 30.9 Å². The molecule has 1 N–H and O–H groups in total. The summed E-state index contributed by atoms with van der Waals surface area (Å²) in [5.41, 5.74) is 0. The molecule has 0 aromatic heterocycles.